The smallest absolute Gasteiger partial charge is 0.150 e. The SMILES string of the molecule is CNCc1ccccc1-c1ccc(C(C)Nc2nc(C)nc3cc(OC)c(C4CCS(=O)(=O)CC4)cc23)s1. The number of nitrogens with one attached hydrogen (secondary N) is 2. The van der Waals surface area contributed by atoms with Gasteiger partial charge in [-0.25, -0.2) is 18.4 Å². The van der Waals surface area contributed by atoms with Crippen molar-refractivity contribution >= 4 is 37.9 Å². The third-order valence-corrected chi connectivity index (χ3v) is 10.2. The number of aryl methyl sites for hydroxylation is 1. The summed E-state index contributed by atoms with van der Waals surface area (Å²) in [4.78, 5) is 11.9. The number of thiophene rings is 1. The lowest BCUT2D eigenvalue weighted by Gasteiger charge is -2.25. The normalized spacial score (nSPS) is 16.4. The Morgan fingerprint density at radius 2 is 1.87 bits per heavy atom. The van der Waals surface area contributed by atoms with Gasteiger partial charge < -0.3 is 15.4 Å². The molecule has 9 heteroatoms. The number of sulfone groups is 1. The molecule has 38 heavy (non-hydrogen) atoms. The zero-order valence-corrected chi connectivity index (χ0v) is 23.9. The minimum atomic E-state index is -2.95. The first-order valence-corrected chi connectivity index (χ1v) is 15.6. The van der Waals surface area contributed by atoms with Crippen LogP contribution in [0.2, 0.25) is 0 Å². The van der Waals surface area contributed by atoms with Crippen LogP contribution in [0.5, 0.6) is 5.75 Å². The number of hydrogen-bond donors (Lipinski definition) is 2. The third-order valence-electron chi connectivity index (χ3n) is 7.21. The molecule has 1 unspecified atom stereocenters. The van der Waals surface area contributed by atoms with Gasteiger partial charge in [0, 0.05) is 27.8 Å². The van der Waals surface area contributed by atoms with Crippen LogP contribution in [0, 0.1) is 6.92 Å². The molecule has 0 spiro atoms. The lowest BCUT2D eigenvalue weighted by molar-refractivity contribution is 0.403. The second-order valence-electron chi connectivity index (χ2n) is 9.91. The molecule has 0 amide bonds. The minimum absolute atomic E-state index is 0.0353. The lowest BCUT2D eigenvalue weighted by Crippen LogP contribution is -2.22. The van der Waals surface area contributed by atoms with Crippen molar-refractivity contribution in [2.45, 2.75) is 45.2 Å². The van der Waals surface area contributed by atoms with Gasteiger partial charge in [0.25, 0.3) is 0 Å². The van der Waals surface area contributed by atoms with Crippen LogP contribution in [0.25, 0.3) is 21.3 Å². The molecule has 3 heterocycles. The fourth-order valence-electron chi connectivity index (χ4n) is 5.21. The number of anilines is 1. The van der Waals surface area contributed by atoms with Crippen molar-refractivity contribution in [1.82, 2.24) is 15.3 Å². The number of hydrogen-bond acceptors (Lipinski definition) is 8. The Balaban J connectivity index is 1.47. The van der Waals surface area contributed by atoms with Gasteiger partial charge in [-0.15, -0.1) is 11.3 Å². The van der Waals surface area contributed by atoms with Gasteiger partial charge in [0.15, 0.2) is 0 Å². The predicted molar refractivity (Wildman–Crippen MR) is 156 cm³/mol. The van der Waals surface area contributed by atoms with Crippen molar-refractivity contribution in [1.29, 1.82) is 0 Å². The van der Waals surface area contributed by atoms with E-state index in [0.29, 0.717) is 18.7 Å². The molecule has 7 nitrogen and oxygen atoms in total. The third kappa shape index (κ3) is 5.55. The molecule has 1 aliphatic rings. The summed E-state index contributed by atoms with van der Waals surface area (Å²) >= 11 is 1.78. The zero-order valence-electron chi connectivity index (χ0n) is 22.2. The Morgan fingerprint density at radius 3 is 2.61 bits per heavy atom. The van der Waals surface area contributed by atoms with Crippen LogP contribution in [0.15, 0.2) is 48.5 Å². The van der Waals surface area contributed by atoms with Gasteiger partial charge >= 0.3 is 0 Å². The summed E-state index contributed by atoms with van der Waals surface area (Å²) in [5.41, 5.74) is 4.36. The maximum atomic E-state index is 12.0. The molecule has 0 aliphatic carbocycles. The lowest BCUT2D eigenvalue weighted by atomic mass is 9.91. The number of benzene rings is 2. The van der Waals surface area contributed by atoms with Crippen molar-refractivity contribution in [3.8, 4) is 16.2 Å². The standard InChI is InChI=1S/C29H34N4O3S2/c1-18(27-9-10-28(37-27)22-8-6-5-7-21(22)17-30-3)31-29-24-15-23(20-11-13-38(34,35)14-12-20)26(36-4)16-25(24)32-19(2)33-29/h5-10,15-16,18,20,30H,11-14,17H2,1-4H3,(H,31,32,33). The van der Waals surface area contributed by atoms with Gasteiger partial charge in [0.1, 0.15) is 27.2 Å². The number of methoxy groups -OCH3 is 1. The first kappa shape index (κ1) is 26.6. The molecule has 1 atom stereocenters. The predicted octanol–water partition coefficient (Wildman–Crippen LogP) is 5.86. The molecule has 2 N–H and O–H groups in total. The van der Waals surface area contributed by atoms with Gasteiger partial charge in [-0.1, -0.05) is 24.3 Å². The van der Waals surface area contributed by atoms with Crippen LogP contribution >= 0.6 is 11.3 Å². The van der Waals surface area contributed by atoms with Crippen LogP contribution in [-0.2, 0) is 16.4 Å². The molecule has 2 aromatic heterocycles. The fraction of sp³-hybridized carbons (Fsp3) is 0.379. The Labute approximate surface area is 228 Å². The van der Waals surface area contributed by atoms with Crippen LogP contribution in [0.4, 0.5) is 5.82 Å². The van der Waals surface area contributed by atoms with E-state index < -0.39 is 9.84 Å². The highest BCUT2D eigenvalue weighted by atomic mass is 32.2. The Kier molecular flexibility index (Phi) is 7.70. The molecule has 0 radical (unpaired) electrons. The number of rotatable bonds is 8. The minimum Gasteiger partial charge on any atom is -0.496 e. The van der Waals surface area contributed by atoms with Gasteiger partial charge in [0.2, 0.25) is 0 Å². The molecular formula is C29H34N4O3S2. The van der Waals surface area contributed by atoms with E-state index in [-0.39, 0.29) is 23.5 Å². The zero-order chi connectivity index (χ0) is 26.9. The van der Waals surface area contributed by atoms with E-state index in [2.05, 4.69) is 65.0 Å². The Bertz CT molecular complexity index is 1550. The average Bonchev–Trinajstić information content (AvgIpc) is 3.39. The second kappa shape index (κ2) is 11.0. The quantitative estimate of drug-likeness (QED) is 0.284. The summed E-state index contributed by atoms with van der Waals surface area (Å²) in [6, 6.07) is 17.0. The summed E-state index contributed by atoms with van der Waals surface area (Å²) in [6.45, 7) is 4.86. The molecule has 0 bridgehead atoms. The van der Waals surface area contributed by atoms with Gasteiger partial charge in [-0.05, 0) is 74.5 Å². The Hall–Kier alpha value is -3.01. The fourth-order valence-corrected chi connectivity index (χ4v) is 7.77. The topological polar surface area (TPSA) is 93.2 Å². The van der Waals surface area contributed by atoms with E-state index in [1.165, 1.54) is 20.9 Å². The monoisotopic (exact) mass is 550 g/mol. The number of ether oxygens (including phenoxy) is 1. The van der Waals surface area contributed by atoms with Gasteiger partial charge in [0.05, 0.1) is 30.2 Å². The first-order valence-electron chi connectivity index (χ1n) is 12.9. The van der Waals surface area contributed by atoms with Gasteiger partial charge in [-0.2, -0.15) is 0 Å². The highest BCUT2D eigenvalue weighted by molar-refractivity contribution is 7.91. The maximum Gasteiger partial charge on any atom is 0.150 e. The molecular weight excluding hydrogens is 516 g/mol. The van der Waals surface area contributed by atoms with Crippen molar-refractivity contribution in [3.05, 3.63) is 70.4 Å². The molecule has 2 aromatic carbocycles. The molecule has 1 fully saturated rings. The van der Waals surface area contributed by atoms with Gasteiger partial charge in [-0.3, -0.25) is 0 Å². The van der Waals surface area contributed by atoms with E-state index >= 15 is 0 Å². The van der Waals surface area contributed by atoms with Crippen molar-refractivity contribution in [3.63, 3.8) is 0 Å². The highest BCUT2D eigenvalue weighted by Gasteiger charge is 2.27. The highest BCUT2D eigenvalue weighted by Crippen LogP contribution is 2.40. The summed E-state index contributed by atoms with van der Waals surface area (Å²) in [6.07, 6.45) is 1.20. The molecule has 200 valence electrons. The van der Waals surface area contributed by atoms with E-state index in [0.717, 1.165) is 34.6 Å². The largest absolute Gasteiger partial charge is 0.496 e. The number of fused-ring (bicyclic) bond motifs is 1. The van der Waals surface area contributed by atoms with Crippen molar-refractivity contribution in [2.75, 3.05) is 31.0 Å². The summed E-state index contributed by atoms with van der Waals surface area (Å²) in [5, 5.41) is 7.82. The first-order chi connectivity index (χ1) is 18.3. The van der Waals surface area contributed by atoms with Crippen LogP contribution in [0.3, 0.4) is 0 Å². The number of aromatic nitrogens is 2. The second-order valence-corrected chi connectivity index (χ2v) is 13.3. The molecule has 1 saturated heterocycles. The van der Waals surface area contributed by atoms with E-state index in [4.69, 9.17) is 9.72 Å². The summed E-state index contributed by atoms with van der Waals surface area (Å²) in [7, 11) is 0.671. The number of nitrogens with zero attached hydrogens (tertiary/aromatic N) is 2. The Morgan fingerprint density at radius 1 is 1.11 bits per heavy atom. The molecule has 4 aromatic rings. The van der Waals surface area contributed by atoms with E-state index in [9.17, 15) is 8.42 Å². The summed E-state index contributed by atoms with van der Waals surface area (Å²) < 4.78 is 29.8. The van der Waals surface area contributed by atoms with Crippen LogP contribution in [0.1, 0.15) is 53.6 Å². The average molecular weight is 551 g/mol. The van der Waals surface area contributed by atoms with E-state index in [1.807, 2.05) is 20.0 Å². The molecule has 0 saturated carbocycles. The van der Waals surface area contributed by atoms with Crippen LogP contribution in [-0.4, -0.2) is 44.0 Å². The van der Waals surface area contributed by atoms with E-state index in [1.54, 1.807) is 18.4 Å². The van der Waals surface area contributed by atoms with Crippen molar-refractivity contribution < 1.29 is 13.2 Å². The maximum absolute atomic E-state index is 12.0. The van der Waals surface area contributed by atoms with Crippen molar-refractivity contribution in [2.24, 2.45) is 0 Å². The molecule has 5 rings (SSSR count). The summed E-state index contributed by atoms with van der Waals surface area (Å²) in [5.74, 6) is 2.76. The van der Waals surface area contributed by atoms with Crippen LogP contribution < -0.4 is 15.4 Å². The molecule has 1 aliphatic heterocycles.